The lowest BCUT2D eigenvalue weighted by Gasteiger charge is -2.24. The fourth-order valence-corrected chi connectivity index (χ4v) is 4.78. The van der Waals surface area contributed by atoms with E-state index in [9.17, 15) is 8.42 Å². The average molecular weight is 353 g/mol. The van der Waals surface area contributed by atoms with Gasteiger partial charge in [-0.1, -0.05) is 17.7 Å². The van der Waals surface area contributed by atoms with Crippen LogP contribution in [-0.4, -0.2) is 25.5 Å². The van der Waals surface area contributed by atoms with Gasteiger partial charge in [0.05, 0.1) is 16.5 Å². The monoisotopic (exact) mass is 351 g/mol. The molecular weight excluding hydrogens is 338 g/mol. The smallest absolute Gasteiger partial charge is 0.152 e. The minimum Gasteiger partial charge on any atom is -0.306 e. The lowest BCUT2D eigenvalue weighted by molar-refractivity contribution is 0.395. The van der Waals surface area contributed by atoms with E-state index in [1.807, 2.05) is 25.1 Å². The van der Waals surface area contributed by atoms with Crippen LogP contribution in [0, 0.1) is 0 Å². The van der Waals surface area contributed by atoms with Gasteiger partial charge in [0.15, 0.2) is 9.84 Å². The van der Waals surface area contributed by atoms with Crippen LogP contribution in [0.4, 0.5) is 0 Å². The van der Waals surface area contributed by atoms with Gasteiger partial charge < -0.3 is 5.32 Å². The molecule has 0 amide bonds. The molecule has 100 valence electrons. The summed E-state index contributed by atoms with van der Waals surface area (Å²) in [6.45, 7) is 2.60. The number of benzene rings is 1. The zero-order valence-electron chi connectivity index (χ0n) is 10.0. The molecule has 0 aliphatic carbocycles. The van der Waals surface area contributed by atoms with Gasteiger partial charge in [0, 0.05) is 16.6 Å². The quantitative estimate of drug-likeness (QED) is 0.910. The highest BCUT2D eigenvalue weighted by Gasteiger charge is 2.37. The van der Waals surface area contributed by atoms with Gasteiger partial charge in [-0.15, -0.1) is 0 Å². The highest BCUT2D eigenvalue weighted by molar-refractivity contribution is 9.10. The van der Waals surface area contributed by atoms with Crippen LogP contribution in [0.1, 0.15) is 18.9 Å². The first-order valence-corrected chi connectivity index (χ1v) is 8.68. The van der Waals surface area contributed by atoms with Gasteiger partial charge in [0.1, 0.15) is 0 Å². The summed E-state index contributed by atoms with van der Waals surface area (Å²) in [7, 11) is -2.87. The Kier molecular flexibility index (Phi) is 4.07. The second-order valence-electron chi connectivity index (χ2n) is 5.00. The Bertz CT molecular complexity index is 561. The molecule has 1 aromatic carbocycles. The van der Waals surface area contributed by atoms with Crippen molar-refractivity contribution < 1.29 is 8.42 Å². The Morgan fingerprint density at radius 3 is 2.78 bits per heavy atom. The molecule has 0 saturated carbocycles. The number of sulfone groups is 1. The summed E-state index contributed by atoms with van der Waals surface area (Å²) in [4.78, 5) is 0. The van der Waals surface area contributed by atoms with Crippen LogP contribution in [0.15, 0.2) is 22.7 Å². The van der Waals surface area contributed by atoms with Crippen molar-refractivity contribution in [2.75, 3.05) is 11.5 Å². The van der Waals surface area contributed by atoms with Crippen LogP contribution in [0.25, 0.3) is 0 Å². The molecule has 1 aromatic rings. The molecule has 3 nitrogen and oxygen atoms in total. The molecular formula is C12H15BrClNO2S. The van der Waals surface area contributed by atoms with Crippen LogP contribution in [0.2, 0.25) is 5.02 Å². The Hall–Kier alpha value is -0.100. The van der Waals surface area contributed by atoms with Gasteiger partial charge in [-0.2, -0.15) is 0 Å². The van der Waals surface area contributed by atoms with Crippen molar-refractivity contribution in [2.45, 2.75) is 25.4 Å². The third-order valence-corrected chi connectivity index (χ3v) is 6.32. The van der Waals surface area contributed by atoms with E-state index in [-0.39, 0.29) is 17.0 Å². The third kappa shape index (κ3) is 3.47. The van der Waals surface area contributed by atoms with Crippen molar-refractivity contribution in [1.29, 1.82) is 0 Å². The highest BCUT2D eigenvalue weighted by Crippen LogP contribution is 2.25. The predicted octanol–water partition coefficient (Wildman–Crippen LogP) is 2.77. The highest BCUT2D eigenvalue weighted by atomic mass is 79.9. The first-order chi connectivity index (χ1) is 8.30. The first kappa shape index (κ1) is 14.3. The molecule has 1 N–H and O–H groups in total. The summed E-state index contributed by atoms with van der Waals surface area (Å²) in [6, 6.07) is 5.71. The van der Waals surface area contributed by atoms with Crippen LogP contribution in [0.5, 0.6) is 0 Å². The molecule has 1 aliphatic rings. The number of nitrogens with one attached hydrogen (secondary N) is 1. The van der Waals surface area contributed by atoms with Gasteiger partial charge in [-0.3, -0.25) is 0 Å². The molecule has 1 heterocycles. The Balaban J connectivity index is 2.02. The average Bonchev–Trinajstić information content (AvgIpc) is 2.56. The van der Waals surface area contributed by atoms with Gasteiger partial charge in [-0.05, 0) is 47.0 Å². The summed E-state index contributed by atoms with van der Waals surface area (Å²) >= 11 is 9.30. The molecule has 0 spiro atoms. The normalized spacial score (nSPS) is 26.4. The summed E-state index contributed by atoms with van der Waals surface area (Å²) in [5.74, 6) is 0.496. The summed E-state index contributed by atoms with van der Waals surface area (Å²) < 4.78 is 23.8. The number of hydrogen-bond donors (Lipinski definition) is 1. The van der Waals surface area contributed by atoms with Crippen LogP contribution in [0.3, 0.4) is 0 Å². The molecule has 1 unspecified atom stereocenters. The van der Waals surface area contributed by atoms with Gasteiger partial charge in [-0.25, -0.2) is 8.42 Å². The van der Waals surface area contributed by atoms with Crippen molar-refractivity contribution in [3.8, 4) is 0 Å². The Labute approximate surface area is 121 Å². The first-order valence-electron chi connectivity index (χ1n) is 5.69. The van der Waals surface area contributed by atoms with E-state index in [0.717, 1.165) is 10.0 Å². The topological polar surface area (TPSA) is 46.2 Å². The van der Waals surface area contributed by atoms with Crippen LogP contribution >= 0.6 is 27.5 Å². The van der Waals surface area contributed by atoms with Gasteiger partial charge in [0.2, 0.25) is 0 Å². The molecule has 1 fully saturated rings. The molecule has 0 bridgehead atoms. The Morgan fingerprint density at radius 2 is 2.22 bits per heavy atom. The Morgan fingerprint density at radius 1 is 1.50 bits per heavy atom. The number of hydrogen-bond acceptors (Lipinski definition) is 3. The maximum atomic E-state index is 11.5. The van der Waals surface area contributed by atoms with E-state index in [1.165, 1.54) is 0 Å². The fourth-order valence-electron chi connectivity index (χ4n) is 2.11. The molecule has 6 heteroatoms. The minimum atomic E-state index is -2.87. The second-order valence-corrected chi connectivity index (χ2v) is 8.45. The molecule has 0 radical (unpaired) electrons. The third-order valence-electron chi connectivity index (χ3n) is 3.21. The van der Waals surface area contributed by atoms with Crippen molar-refractivity contribution >= 4 is 37.4 Å². The number of halogens is 2. The molecule has 0 aromatic heterocycles. The second kappa shape index (κ2) is 5.12. The maximum Gasteiger partial charge on any atom is 0.152 e. The zero-order chi connectivity index (χ0) is 13.4. The standard InChI is InChI=1S/C12H15BrClNO2S/c1-12(4-5-18(16,17)8-12)15-7-9-2-3-11(14)10(13)6-9/h2-3,6,15H,4-5,7-8H2,1H3. The van der Waals surface area contributed by atoms with Gasteiger partial charge in [0.25, 0.3) is 0 Å². The van der Waals surface area contributed by atoms with Crippen molar-refractivity contribution in [1.82, 2.24) is 5.32 Å². The summed E-state index contributed by atoms with van der Waals surface area (Å²) in [5.41, 5.74) is 0.766. The fraction of sp³-hybridized carbons (Fsp3) is 0.500. The van der Waals surface area contributed by atoms with Crippen LogP contribution < -0.4 is 5.32 Å². The van der Waals surface area contributed by atoms with E-state index < -0.39 is 9.84 Å². The van der Waals surface area contributed by atoms with E-state index >= 15 is 0 Å². The summed E-state index contributed by atoms with van der Waals surface area (Å²) in [6.07, 6.45) is 0.671. The minimum absolute atomic E-state index is 0.217. The molecule has 1 atom stereocenters. The van der Waals surface area contributed by atoms with Gasteiger partial charge >= 0.3 is 0 Å². The van der Waals surface area contributed by atoms with Crippen molar-refractivity contribution in [2.24, 2.45) is 0 Å². The van der Waals surface area contributed by atoms with E-state index in [0.29, 0.717) is 18.0 Å². The lowest BCUT2D eigenvalue weighted by Crippen LogP contribution is -2.42. The molecule has 1 aliphatic heterocycles. The molecule has 2 rings (SSSR count). The SMILES string of the molecule is CC1(NCc2ccc(Cl)c(Br)c2)CCS(=O)(=O)C1. The van der Waals surface area contributed by atoms with Crippen molar-refractivity contribution in [3.05, 3.63) is 33.3 Å². The van der Waals surface area contributed by atoms with E-state index in [4.69, 9.17) is 11.6 Å². The predicted molar refractivity (Wildman–Crippen MR) is 77.7 cm³/mol. The molecule has 1 saturated heterocycles. The number of rotatable bonds is 3. The zero-order valence-corrected chi connectivity index (χ0v) is 13.2. The lowest BCUT2D eigenvalue weighted by atomic mass is 10.0. The molecule has 18 heavy (non-hydrogen) atoms. The largest absolute Gasteiger partial charge is 0.306 e. The summed E-state index contributed by atoms with van der Waals surface area (Å²) in [5, 5.41) is 4.01. The van der Waals surface area contributed by atoms with E-state index in [2.05, 4.69) is 21.2 Å². The van der Waals surface area contributed by atoms with Crippen molar-refractivity contribution in [3.63, 3.8) is 0 Å². The van der Waals surface area contributed by atoms with E-state index in [1.54, 1.807) is 0 Å². The maximum absolute atomic E-state index is 11.5. The van der Waals surface area contributed by atoms with Crippen LogP contribution in [-0.2, 0) is 16.4 Å².